The Morgan fingerprint density at radius 1 is 1.09 bits per heavy atom. The Hall–Kier alpha value is -3.42. The second-order valence-corrected chi connectivity index (χ2v) is 8.99. The molecule has 5 nitrogen and oxygen atoms in total. The van der Waals surface area contributed by atoms with Gasteiger partial charge >= 0.3 is 0 Å². The molecule has 1 heterocycles. The van der Waals surface area contributed by atoms with Gasteiger partial charge in [-0.05, 0) is 48.5 Å². The van der Waals surface area contributed by atoms with Gasteiger partial charge in [0, 0.05) is 22.1 Å². The maximum absolute atomic E-state index is 13.1. The summed E-state index contributed by atoms with van der Waals surface area (Å²) in [5, 5.41) is 3.82. The van der Waals surface area contributed by atoms with Crippen molar-refractivity contribution in [2.75, 3.05) is 12.4 Å². The highest BCUT2D eigenvalue weighted by Gasteiger charge is 2.18. The van der Waals surface area contributed by atoms with Crippen molar-refractivity contribution in [2.45, 2.75) is 6.54 Å². The first-order valence-electron chi connectivity index (χ1n) is 10.2. The number of rotatable bonds is 7. The Morgan fingerprint density at radius 2 is 1.79 bits per heavy atom. The topological polar surface area (TPSA) is 55.6 Å². The first-order chi connectivity index (χ1) is 16.1. The van der Waals surface area contributed by atoms with E-state index < -0.39 is 0 Å². The van der Waals surface area contributed by atoms with Gasteiger partial charge in [0.15, 0.2) is 4.80 Å². The normalized spacial score (nSPS) is 11.3. The van der Waals surface area contributed by atoms with Crippen LogP contribution in [0.3, 0.4) is 0 Å². The quantitative estimate of drug-likeness (QED) is 0.277. The fourth-order valence-corrected chi connectivity index (χ4v) is 4.65. The highest BCUT2D eigenvalue weighted by atomic mass is 79.9. The van der Waals surface area contributed by atoms with Crippen molar-refractivity contribution in [3.63, 3.8) is 0 Å². The molecule has 0 aliphatic rings. The van der Waals surface area contributed by atoms with Crippen LogP contribution in [0.2, 0.25) is 0 Å². The van der Waals surface area contributed by atoms with Gasteiger partial charge in [0.25, 0.3) is 5.91 Å². The minimum atomic E-state index is -0.197. The number of carbonyl (C=O) groups excluding carboxylic acids is 1. The third-order valence-corrected chi connectivity index (χ3v) is 6.42. The zero-order valence-electron chi connectivity index (χ0n) is 18.0. The largest absolute Gasteiger partial charge is 0.497 e. The van der Waals surface area contributed by atoms with Crippen molar-refractivity contribution < 1.29 is 9.53 Å². The maximum Gasteiger partial charge on any atom is 0.256 e. The van der Waals surface area contributed by atoms with E-state index in [1.165, 1.54) is 11.3 Å². The third kappa shape index (κ3) is 5.32. The lowest BCUT2D eigenvalue weighted by molar-refractivity contribution is 0.102. The Labute approximate surface area is 204 Å². The van der Waals surface area contributed by atoms with Crippen LogP contribution in [0.25, 0.3) is 11.3 Å². The molecule has 0 aliphatic carbocycles. The summed E-state index contributed by atoms with van der Waals surface area (Å²) in [5.74, 6) is 0.504. The first-order valence-corrected chi connectivity index (χ1v) is 11.9. The molecule has 4 rings (SSSR count). The smallest absolute Gasteiger partial charge is 0.256 e. The summed E-state index contributed by atoms with van der Waals surface area (Å²) >= 11 is 4.89. The number of benzene rings is 3. The number of ether oxygens (including phenoxy) is 1. The molecular weight excluding hydrogens is 498 g/mol. The summed E-state index contributed by atoms with van der Waals surface area (Å²) in [6.07, 6.45) is 1.83. The predicted octanol–water partition coefficient (Wildman–Crippen LogP) is 6.66. The standard InChI is InChI=1S/C26H22BrN3O2S/c1-3-17-30-23(18-7-5-4-6-8-18)25(29-24(31)19-9-15-22(32-2)16-10-19)33-26(30)28-21-13-11-20(27)12-14-21/h3-16H,1,17H2,2H3,(H,29,31). The second kappa shape index (κ2) is 10.5. The van der Waals surface area contributed by atoms with Crippen LogP contribution in [-0.4, -0.2) is 17.6 Å². The molecule has 1 aromatic heterocycles. The second-order valence-electron chi connectivity index (χ2n) is 7.10. The highest BCUT2D eigenvalue weighted by Crippen LogP contribution is 2.32. The molecule has 0 aliphatic heterocycles. The summed E-state index contributed by atoms with van der Waals surface area (Å²) in [7, 11) is 1.60. The van der Waals surface area contributed by atoms with E-state index in [0.29, 0.717) is 17.9 Å². The van der Waals surface area contributed by atoms with Crippen LogP contribution in [0.15, 0.2) is 101 Å². The fourth-order valence-electron chi connectivity index (χ4n) is 3.31. The molecule has 7 heteroatoms. The minimum Gasteiger partial charge on any atom is -0.497 e. The van der Waals surface area contributed by atoms with Crippen molar-refractivity contribution in [3.05, 3.63) is 106 Å². The van der Waals surface area contributed by atoms with Crippen LogP contribution >= 0.6 is 27.3 Å². The van der Waals surface area contributed by atoms with Crippen molar-refractivity contribution >= 4 is 43.9 Å². The summed E-state index contributed by atoms with van der Waals surface area (Å²) < 4.78 is 8.25. The van der Waals surface area contributed by atoms with Gasteiger partial charge in [-0.1, -0.05) is 63.7 Å². The van der Waals surface area contributed by atoms with Crippen LogP contribution in [0.5, 0.6) is 5.75 Å². The fraction of sp³-hybridized carbons (Fsp3) is 0.0769. The van der Waals surface area contributed by atoms with E-state index in [2.05, 4.69) is 32.4 Å². The number of allylic oxidation sites excluding steroid dienone is 1. The number of thiazole rings is 1. The molecule has 0 atom stereocenters. The number of amides is 1. The number of carbonyl (C=O) groups is 1. The molecular formula is C26H22BrN3O2S. The van der Waals surface area contributed by atoms with Crippen LogP contribution in [0, 0.1) is 0 Å². The molecule has 4 aromatic rings. The molecule has 0 bridgehead atoms. The summed E-state index contributed by atoms with van der Waals surface area (Å²) in [5.41, 5.74) is 3.24. The zero-order chi connectivity index (χ0) is 23.2. The Kier molecular flexibility index (Phi) is 7.22. The molecule has 0 fully saturated rings. The van der Waals surface area contributed by atoms with E-state index in [0.717, 1.165) is 31.2 Å². The number of anilines is 1. The molecule has 0 saturated carbocycles. The first kappa shape index (κ1) is 22.8. The lowest BCUT2D eigenvalue weighted by atomic mass is 10.1. The van der Waals surface area contributed by atoms with E-state index in [1.54, 1.807) is 31.4 Å². The van der Waals surface area contributed by atoms with Gasteiger partial charge in [-0.25, -0.2) is 4.99 Å². The lowest BCUT2D eigenvalue weighted by Crippen LogP contribution is -2.15. The van der Waals surface area contributed by atoms with Gasteiger partial charge in [0.1, 0.15) is 10.8 Å². The van der Waals surface area contributed by atoms with E-state index in [-0.39, 0.29) is 5.91 Å². The molecule has 33 heavy (non-hydrogen) atoms. The van der Waals surface area contributed by atoms with E-state index in [9.17, 15) is 4.79 Å². The van der Waals surface area contributed by atoms with Crippen LogP contribution in [0.1, 0.15) is 10.4 Å². The third-order valence-electron chi connectivity index (χ3n) is 4.90. The van der Waals surface area contributed by atoms with Gasteiger partial charge in [-0.2, -0.15) is 0 Å². The van der Waals surface area contributed by atoms with Gasteiger partial charge < -0.3 is 14.6 Å². The number of halogens is 1. The number of nitrogens with one attached hydrogen (secondary N) is 1. The van der Waals surface area contributed by atoms with Gasteiger partial charge in [-0.3, -0.25) is 4.79 Å². The Bertz CT molecular complexity index is 1320. The van der Waals surface area contributed by atoms with Crippen molar-refractivity contribution in [1.29, 1.82) is 0 Å². The SMILES string of the molecule is C=CCn1c(-c2ccccc2)c(NC(=O)c2ccc(OC)cc2)sc1=Nc1ccc(Br)cc1. The van der Waals surface area contributed by atoms with Crippen molar-refractivity contribution in [1.82, 2.24) is 4.57 Å². The van der Waals surface area contributed by atoms with E-state index >= 15 is 0 Å². The monoisotopic (exact) mass is 519 g/mol. The number of aromatic nitrogens is 1. The van der Waals surface area contributed by atoms with Gasteiger partial charge in [0.05, 0.1) is 18.5 Å². The average molecular weight is 520 g/mol. The average Bonchev–Trinajstić information content (AvgIpc) is 3.17. The number of nitrogens with zero attached hydrogens (tertiary/aromatic N) is 2. The lowest BCUT2D eigenvalue weighted by Gasteiger charge is -2.10. The number of methoxy groups -OCH3 is 1. The molecule has 3 aromatic carbocycles. The predicted molar refractivity (Wildman–Crippen MR) is 138 cm³/mol. The van der Waals surface area contributed by atoms with Crippen molar-refractivity contribution in [2.24, 2.45) is 4.99 Å². The molecule has 1 amide bonds. The molecule has 0 unspecified atom stereocenters. The zero-order valence-corrected chi connectivity index (χ0v) is 20.4. The van der Waals surface area contributed by atoms with E-state index in [4.69, 9.17) is 9.73 Å². The summed E-state index contributed by atoms with van der Waals surface area (Å²) in [4.78, 5) is 18.7. The van der Waals surface area contributed by atoms with Gasteiger partial charge in [0.2, 0.25) is 0 Å². The maximum atomic E-state index is 13.1. The molecule has 166 valence electrons. The van der Waals surface area contributed by atoms with Crippen molar-refractivity contribution in [3.8, 4) is 17.0 Å². The van der Waals surface area contributed by atoms with Gasteiger partial charge in [-0.15, -0.1) is 6.58 Å². The van der Waals surface area contributed by atoms with E-state index in [1.807, 2.05) is 60.7 Å². The van der Waals surface area contributed by atoms with Crippen LogP contribution in [0.4, 0.5) is 10.7 Å². The Balaban J connectivity index is 1.83. The molecule has 1 N–H and O–H groups in total. The highest BCUT2D eigenvalue weighted by molar-refractivity contribution is 9.10. The van der Waals surface area contributed by atoms with Crippen LogP contribution < -0.4 is 14.9 Å². The molecule has 0 saturated heterocycles. The molecule has 0 spiro atoms. The minimum absolute atomic E-state index is 0.197. The molecule has 0 radical (unpaired) electrons. The van der Waals surface area contributed by atoms with Crippen LogP contribution in [-0.2, 0) is 6.54 Å². The number of hydrogen-bond donors (Lipinski definition) is 1. The summed E-state index contributed by atoms with van der Waals surface area (Å²) in [6, 6.07) is 24.8. The summed E-state index contributed by atoms with van der Waals surface area (Å²) in [6.45, 7) is 4.47. The number of hydrogen-bond acceptors (Lipinski definition) is 4. The Morgan fingerprint density at radius 3 is 2.42 bits per heavy atom.